The van der Waals surface area contributed by atoms with Gasteiger partial charge >= 0.3 is 0 Å². The van der Waals surface area contributed by atoms with Gasteiger partial charge in [-0.2, -0.15) is 0 Å². The zero-order valence-electron chi connectivity index (χ0n) is 14.2. The van der Waals surface area contributed by atoms with Crippen molar-refractivity contribution in [3.05, 3.63) is 52.8 Å². The highest BCUT2D eigenvalue weighted by Gasteiger charge is 2.19. The standard InChI is InChI=1S/C19H19N3O2/c1-10-9-12(3)22-18(16(10)19(20)23)14-7-8-15(24-4)17-13(14)6-5-11(2)21-17/h5-9H,1-4H3,(H2,20,23). The van der Waals surface area contributed by atoms with Crippen LogP contribution < -0.4 is 10.5 Å². The third-order valence-corrected chi connectivity index (χ3v) is 4.03. The molecule has 0 saturated heterocycles. The number of nitrogens with zero attached hydrogens (tertiary/aromatic N) is 2. The van der Waals surface area contributed by atoms with Gasteiger partial charge in [0.05, 0.1) is 18.4 Å². The number of carbonyl (C=O) groups excluding carboxylic acids is 1. The van der Waals surface area contributed by atoms with Crippen LogP contribution in [0.2, 0.25) is 0 Å². The van der Waals surface area contributed by atoms with Crippen LogP contribution in [0.15, 0.2) is 30.3 Å². The number of aryl methyl sites for hydroxylation is 3. The van der Waals surface area contributed by atoms with E-state index in [4.69, 9.17) is 10.5 Å². The Morgan fingerprint density at radius 1 is 1.04 bits per heavy atom. The van der Waals surface area contributed by atoms with Crippen LogP contribution in [0.1, 0.15) is 27.3 Å². The summed E-state index contributed by atoms with van der Waals surface area (Å²) >= 11 is 0. The Balaban J connectivity index is 2.42. The molecule has 122 valence electrons. The summed E-state index contributed by atoms with van der Waals surface area (Å²) in [7, 11) is 1.61. The average molecular weight is 321 g/mol. The number of carbonyl (C=O) groups is 1. The highest BCUT2D eigenvalue weighted by Crippen LogP contribution is 2.35. The van der Waals surface area contributed by atoms with Crippen LogP contribution in [-0.4, -0.2) is 23.0 Å². The molecule has 2 aromatic heterocycles. The molecule has 0 saturated carbocycles. The average Bonchev–Trinajstić information content (AvgIpc) is 2.52. The first-order valence-electron chi connectivity index (χ1n) is 7.65. The largest absolute Gasteiger partial charge is 0.494 e. The zero-order chi connectivity index (χ0) is 17.4. The number of ether oxygens (including phenoxy) is 1. The highest BCUT2D eigenvalue weighted by molar-refractivity contribution is 6.05. The molecule has 1 amide bonds. The van der Waals surface area contributed by atoms with Gasteiger partial charge in [0, 0.05) is 22.3 Å². The second kappa shape index (κ2) is 5.92. The van der Waals surface area contributed by atoms with Gasteiger partial charge in [0.15, 0.2) is 0 Å². The molecule has 3 aromatic rings. The van der Waals surface area contributed by atoms with Crippen LogP contribution in [0.25, 0.3) is 22.2 Å². The molecule has 0 aliphatic rings. The lowest BCUT2D eigenvalue weighted by Gasteiger charge is -2.14. The number of hydrogen-bond acceptors (Lipinski definition) is 4. The van der Waals surface area contributed by atoms with Crippen molar-refractivity contribution in [2.45, 2.75) is 20.8 Å². The second-order valence-electron chi connectivity index (χ2n) is 5.83. The van der Waals surface area contributed by atoms with E-state index in [9.17, 15) is 4.79 Å². The summed E-state index contributed by atoms with van der Waals surface area (Å²) in [6.07, 6.45) is 0. The number of aromatic nitrogens is 2. The third kappa shape index (κ3) is 2.58. The van der Waals surface area contributed by atoms with Crippen molar-refractivity contribution >= 4 is 16.8 Å². The van der Waals surface area contributed by atoms with Gasteiger partial charge < -0.3 is 10.5 Å². The fourth-order valence-electron chi connectivity index (χ4n) is 3.00. The molecule has 0 fully saturated rings. The number of hydrogen-bond donors (Lipinski definition) is 1. The van der Waals surface area contributed by atoms with E-state index in [0.717, 1.165) is 33.4 Å². The quantitative estimate of drug-likeness (QED) is 0.802. The summed E-state index contributed by atoms with van der Waals surface area (Å²) in [4.78, 5) is 21.1. The Hall–Kier alpha value is -2.95. The maximum atomic E-state index is 12.0. The molecule has 0 radical (unpaired) electrons. The first-order valence-corrected chi connectivity index (χ1v) is 7.65. The van der Waals surface area contributed by atoms with Crippen molar-refractivity contribution < 1.29 is 9.53 Å². The van der Waals surface area contributed by atoms with Crippen molar-refractivity contribution in [2.24, 2.45) is 5.73 Å². The number of methoxy groups -OCH3 is 1. The summed E-state index contributed by atoms with van der Waals surface area (Å²) < 4.78 is 5.42. The van der Waals surface area contributed by atoms with E-state index >= 15 is 0 Å². The maximum absolute atomic E-state index is 12.0. The Kier molecular flexibility index (Phi) is 3.93. The number of fused-ring (bicyclic) bond motifs is 1. The molecular formula is C19H19N3O2. The lowest BCUT2D eigenvalue weighted by atomic mass is 9.96. The molecule has 0 bridgehead atoms. The van der Waals surface area contributed by atoms with Crippen LogP contribution in [0, 0.1) is 20.8 Å². The number of benzene rings is 1. The third-order valence-electron chi connectivity index (χ3n) is 4.03. The van der Waals surface area contributed by atoms with Crippen LogP contribution in [-0.2, 0) is 0 Å². The van der Waals surface area contributed by atoms with Gasteiger partial charge in [-0.3, -0.25) is 9.78 Å². The van der Waals surface area contributed by atoms with Crippen molar-refractivity contribution in [3.63, 3.8) is 0 Å². The van der Waals surface area contributed by atoms with Crippen molar-refractivity contribution in [2.75, 3.05) is 7.11 Å². The minimum absolute atomic E-state index is 0.438. The normalized spacial score (nSPS) is 10.8. The predicted octanol–water partition coefficient (Wildman–Crippen LogP) is 3.33. The minimum Gasteiger partial charge on any atom is -0.494 e. The van der Waals surface area contributed by atoms with E-state index in [1.165, 1.54) is 0 Å². The van der Waals surface area contributed by atoms with Gasteiger partial charge in [-0.15, -0.1) is 0 Å². The minimum atomic E-state index is -0.487. The summed E-state index contributed by atoms with van der Waals surface area (Å²) in [5.74, 6) is 0.196. The van der Waals surface area contributed by atoms with E-state index in [1.807, 2.05) is 51.1 Å². The molecule has 24 heavy (non-hydrogen) atoms. The number of nitrogens with two attached hydrogens (primary N) is 1. The zero-order valence-corrected chi connectivity index (χ0v) is 14.2. The first-order chi connectivity index (χ1) is 11.4. The molecule has 0 unspecified atom stereocenters. The SMILES string of the molecule is COc1ccc(-c2nc(C)cc(C)c2C(N)=O)c2ccc(C)nc12. The lowest BCUT2D eigenvalue weighted by Crippen LogP contribution is -2.15. The van der Waals surface area contributed by atoms with Gasteiger partial charge in [0.2, 0.25) is 0 Å². The van der Waals surface area contributed by atoms with Gasteiger partial charge in [-0.25, -0.2) is 4.98 Å². The smallest absolute Gasteiger partial charge is 0.251 e. The molecule has 5 heteroatoms. The summed E-state index contributed by atoms with van der Waals surface area (Å²) in [6.45, 7) is 5.69. The second-order valence-corrected chi connectivity index (χ2v) is 5.83. The maximum Gasteiger partial charge on any atom is 0.251 e. The molecule has 0 aliphatic carbocycles. The number of primary amides is 1. The molecule has 0 aliphatic heterocycles. The van der Waals surface area contributed by atoms with E-state index < -0.39 is 5.91 Å². The monoisotopic (exact) mass is 321 g/mol. The Labute approximate surface area is 140 Å². The Morgan fingerprint density at radius 2 is 1.79 bits per heavy atom. The van der Waals surface area contributed by atoms with Crippen LogP contribution in [0.4, 0.5) is 0 Å². The molecule has 0 spiro atoms. The number of amides is 1. The molecule has 5 nitrogen and oxygen atoms in total. The van der Waals surface area contributed by atoms with Crippen LogP contribution in [0.5, 0.6) is 5.75 Å². The highest BCUT2D eigenvalue weighted by atomic mass is 16.5. The van der Waals surface area contributed by atoms with Crippen molar-refractivity contribution in [3.8, 4) is 17.0 Å². The molecule has 1 aromatic carbocycles. The molecule has 3 rings (SSSR count). The van der Waals surface area contributed by atoms with Crippen LogP contribution >= 0.6 is 0 Å². The topological polar surface area (TPSA) is 78.1 Å². The summed E-state index contributed by atoms with van der Waals surface area (Å²) in [5, 5.41) is 0.875. The summed E-state index contributed by atoms with van der Waals surface area (Å²) in [5.41, 5.74) is 10.7. The van der Waals surface area contributed by atoms with Crippen molar-refractivity contribution in [1.82, 2.24) is 9.97 Å². The number of pyridine rings is 2. The lowest BCUT2D eigenvalue weighted by molar-refractivity contribution is 0.1000. The molecule has 0 atom stereocenters. The van der Waals surface area contributed by atoms with Gasteiger partial charge in [0.1, 0.15) is 11.3 Å². The Bertz CT molecular complexity index is 964. The van der Waals surface area contributed by atoms with Gasteiger partial charge in [0.25, 0.3) is 5.91 Å². The first kappa shape index (κ1) is 15.9. The molecular weight excluding hydrogens is 302 g/mol. The van der Waals surface area contributed by atoms with Crippen LogP contribution in [0.3, 0.4) is 0 Å². The number of rotatable bonds is 3. The fraction of sp³-hybridized carbons (Fsp3) is 0.211. The molecule has 2 heterocycles. The van der Waals surface area contributed by atoms with E-state index in [2.05, 4.69) is 9.97 Å². The Morgan fingerprint density at radius 3 is 2.46 bits per heavy atom. The van der Waals surface area contributed by atoms with Crippen molar-refractivity contribution in [1.29, 1.82) is 0 Å². The van der Waals surface area contributed by atoms with E-state index in [0.29, 0.717) is 17.0 Å². The van der Waals surface area contributed by atoms with Gasteiger partial charge in [-0.1, -0.05) is 6.07 Å². The van der Waals surface area contributed by atoms with E-state index in [1.54, 1.807) is 7.11 Å². The molecule has 2 N–H and O–H groups in total. The van der Waals surface area contributed by atoms with Gasteiger partial charge in [-0.05, 0) is 50.6 Å². The predicted molar refractivity (Wildman–Crippen MR) is 94.3 cm³/mol. The fourth-order valence-corrected chi connectivity index (χ4v) is 3.00. The summed E-state index contributed by atoms with van der Waals surface area (Å²) in [6, 6.07) is 9.50. The van der Waals surface area contributed by atoms with E-state index in [-0.39, 0.29) is 0 Å².